The van der Waals surface area contributed by atoms with Gasteiger partial charge in [-0.3, -0.25) is 4.79 Å². The van der Waals surface area contributed by atoms with Gasteiger partial charge in [-0.2, -0.15) is 4.98 Å². The second kappa shape index (κ2) is 4.80. The van der Waals surface area contributed by atoms with E-state index in [9.17, 15) is 4.79 Å². The Hall–Kier alpha value is -1.85. The molecule has 0 radical (unpaired) electrons. The molecule has 2 N–H and O–H groups in total. The monoisotopic (exact) mass is 249 g/mol. The lowest BCUT2D eigenvalue weighted by atomic mass is 10.1. The molecule has 0 aromatic carbocycles. The lowest BCUT2D eigenvalue weighted by Gasteiger charge is -2.39. The van der Waals surface area contributed by atoms with Gasteiger partial charge in [0, 0.05) is 31.4 Å². The molecule has 0 saturated carbocycles. The highest BCUT2D eigenvalue weighted by Crippen LogP contribution is 2.20. The van der Waals surface area contributed by atoms with Crippen LogP contribution in [0, 0.1) is 6.92 Å². The number of nitrogens with two attached hydrogens (primary N) is 1. The SMILES string of the molecule is CCN1CCN(c2cc(C)nc(N)n2)[C@@H](C)C1=O. The summed E-state index contributed by atoms with van der Waals surface area (Å²) in [6.45, 7) is 8.02. The minimum atomic E-state index is -0.201. The normalized spacial score (nSPS) is 20.4. The summed E-state index contributed by atoms with van der Waals surface area (Å²) in [4.78, 5) is 24.2. The van der Waals surface area contributed by atoms with Crippen LogP contribution in [0.1, 0.15) is 19.5 Å². The minimum absolute atomic E-state index is 0.138. The summed E-state index contributed by atoms with van der Waals surface area (Å²) >= 11 is 0. The summed E-state index contributed by atoms with van der Waals surface area (Å²) in [5, 5.41) is 0. The van der Waals surface area contributed by atoms with Crippen LogP contribution in [0.2, 0.25) is 0 Å². The number of aromatic nitrogens is 2. The molecule has 1 saturated heterocycles. The highest BCUT2D eigenvalue weighted by atomic mass is 16.2. The molecular weight excluding hydrogens is 230 g/mol. The molecule has 1 fully saturated rings. The van der Waals surface area contributed by atoms with E-state index in [1.807, 2.05) is 36.6 Å². The Bertz CT molecular complexity index is 442. The lowest BCUT2D eigenvalue weighted by molar-refractivity contribution is -0.133. The summed E-state index contributed by atoms with van der Waals surface area (Å²) in [7, 11) is 0. The summed E-state index contributed by atoms with van der Waals surface area (Å²) in [6, 6.07) is 1.66. The topological polar surface area (TPSA) is 75.3 Å². The van der Waals surface area contributed by atoms with Crippen LogP contribution in [-0.2, 0) is 4.79 Å². The van der Waals surface area contributed by atoms with Gasteiger partial charge in [0.25, 0.3) is 0 Å². The van der Waals surface area contributed by atoms with Crippen LogP contribution in [-0.4, -0.2) is 46.5 Å². The first-order chi connectivity index (χ1) is 8.52. The predicted molar refractivity (Wildman–Crippen MR) is 70.2 cm³/mol. The molecule has 0 aliphatic carbocycles. The van der Waals surface area contributed by atoms with Gasteiger partial charge in [-0.15, -0.1) is 0 Å². The van der Waals surface area contributed by atoms with Gasteiger partial charge in [-0.25, -0.2) is 4.98 Å². The number of carbonyl (C=O) groups excluding carboxylic acids is 1. The van der Waals surface area contributed by atoms with Crippen LogP contribution in [0.15, 0.2) is 6.07 Å². The van der Waals surface area contributed by atoms with Gasteiger partial charge in [0.05, 0.1) is 0 Å². The highest BCUT2D eigenvalue weighted by molar-refractivity contribution is 5.85. The summed E-state index contributed by atoms with van der Waals surface area (Å²) in [5.41, 5.74) is 6.47. The van der Waals surface area contributed by atoms with Crippen LogP contribution in [0.25, 0.3) is 0 Å². The fraction of sp³-hybridized carbons (Fsp3) is 0.583. The van der Waals surface area contributed by atoms with Crippen molar-refractivity contribution in [2.24, 2.45) is 0 Å². The third kappa shape index (κ3) is 2.23. The van der Waals surface area contributed by atoms with Crippen molar-refractivity contribution in [1.82, 2.24) is 14.9 Å². The van der Waals surface area contributed by atoms with E-state index in [0.717, 1.165) is 31.1 Å². The first-order valence-electron chi connectivity index (χ1n) is 6.19. The van der Waals surface area contributed by atoms with Crippen molar-refractivity contribution < 1.29 is 4.79 Å². The Morgan fingerprint density at radius 2 is 2.17 bits per heavy atom. The number of rotatable bonds is 2. The average Bonchev–Trinajstić information content (AvgIpc) is 2.31. The molecule has 2 rings (SSSR count). The first kappa shape index (κ1) is 12.6. The number of carbonyl (C=O) groups is 1. The maximum atomic E-state index is 12.1. The number of anilines is 2. The molecule has 6 heteroatoms. The molecule has 1 aromatic rings. The molecule has 0 bridgehead atoms. The molecule has 6 nitrogen and oxygen atoms in total. The van der Waals surface area contributed by atoms with Crippen LogP contribution in [0.3, 0.4) is 0 Å². The zero-order valence-corrected chi connectivity index (χ0v) is 11.1. The lowest BCUT2D eigenvalue weighted by Crippen LogP contribution is -2.56. The van der Waals surface area contributed by atoms with E-state index in [0.29, 0.717) is 0 Å². The third-order valence-electron chi connectivity index (χ3n) is 3.28. The van der Waals surface area contributed by atoms with E-state index in [4.69, 9.17) is 5.73 Å². The van der Waals surface area contributed by atoms with Gasteiger partial charge in [0.15, 0.2) is 0 Å². The van der Waals surface area contributed by atoms with Crippen LogP contribution in [0.4, 0.5) is 11.8 Å². The van der Waals surface area contributed by atoms with Crippen LogP contribution in [0.5, 0.6) is 0 Å². The Kier molecular flexibility index (Phi) is 3.36. The maximum Gasteiger partial charge on any atom is 0.245 e. The standard InChI is InChI=1S/C12H19N5O/c1-4-16-5-6-17(9(3)11(16)18)10-7-8(2)14-12(13)15-10/h7,9H,4-6H2,1-3H3,(H2,13,14,15)/t9-/m0/s1. The molecular formula is C12H19N5O. The van der Waals surface area contributed by atoms with Crippen molar-refractivity contribution in [1.29, 1.82) is 0 Å². The third-order valence-corrected chi connectivity index (χ3v) is 3.28. The molecule has 1 aliphatic heterocycles. The molecule has 1 aliphatic rings. The number of hydrogen-bond acceptors (Lipinski definition) is 5. The zero-order chi connectivity index (χ0) is 13.3. The molecule has 2 heterocycles. The second-order valence-corrected chi connectivity index (χ2v) is 4.51. The van der Waals surface area contributed by atoms with E-state index in [1.165, 1.54) is 0 Å². The van der Waals surface area contributed by atoms with E-state index in [1.54, 1.807) is 0 Å². The maximum absolute atomic E-state index is 12.1. The van der Waals surface area contributed by atoms with E-state index < -0.39 is 0 Å². The quantitative estimate of drug-likeness (QED) is 0.822. The fourth-order valence-electron chi connectivity index (χ4n) is 2.28. The number of nitrogens with zero attached hydrogens (tertiary/aromatic N) is 4. The molecule has 0 spiro atoms. The van der Waals surface area contributed by atoms with Gasteiger partial charge in [-0.1, -0.05) is 0 Å². The number of likely N-dealkylation sites (N-methyl/N-ethyl adjacent to an activating group) is 1. The average molecular weight is 249 g/mol. The smallest absolute Gasteiger partial charge is 0.245 e. The summed E-state index contributed by atoms with van der Waals surface area (Å²) in [6.07, 6.45) is 0. The van der Waals surface area contributed by atoms with E-state index in [-0.39, 0.29) is 17.9 Å². The second-order valence-electron chi connectivity index (χ2n) is 4.51. The number of aryl methyl sites for hydroxylation is 1. The van der Waals surface area contributed by atoms with Crippen molar-refractivity contribution >= 4 is 17.7 Å². The number of amides is 1. The minimum Gasteiger partial charge on any atom is -0.368 e. The number of nitrogen functional groups attached to an aromatic ring is 1. The Morgan fingerprint density at radius 3 is 2.78 bits per heavy atom. The largest absolute Gasteiger partial charge is 0.368 e. The van der Waals surface area contributed by atoms with Gasteiger partial charge >= 0.3 is 0 Å². The molecule has 0 unspecified atom stereocenters. The Morgan fingerprint density at radius 1 is 1.44 bits per heavy atom. The highest BCUT2D eigenvalue weighted by Gasteiger charge is 2.31. The zero-order valence-electron chi connectivity index (χ0n) is 11.1. The van der Waals surface area contributed by atoms with Crippen molar-refractivity contribution in [3.63, 3.8) is 0 Å². The fourth-order valence-corrected chi connectivity index (χ4v) is 2.28. The van der Waals surface area contributed by atoms with Crippen LogP contribution >= 0.6 is 0 Å². The number of piperazine rings is 1. The van der Waals surface area contributed by atoms with Gasteiger partial charge < -0.3 is 15.5 Å². The molecule has 1 aromatic heterocycles. The Labute approximate surface area is 107 Å². The van der Waals surface area contributed by atoms with Crippen LogP contribution < -0.4 is 10.6 Å². The molecule has 98 valence electrons. The summed E-state index contributed by atoms with van der Waals surface area (Å²) < 4.78 is 0. The Balaban J connectivity index is 2.26. The van der Waals surface area contributed by atoms with Gasteiger partial charge in [0.2, 0.25) is 11.9 Å². The van der Waals surface area contributed by atoms with Crippen molar-refractivity contribution in [3.05, 3.63) is 11.8 Å². The predicted octanol–water partition coefficient (Wildman–Crippen LogP) is 0.424. The van der Waals surface area contributed by atoms with Crippen molar-refractivity contribution in [2.75, 3.05) is 30.3 Å². The molecule has 1 atom stereocenters. The van der Waals surface area contributed by atoms with Gasteiger partial charge in [0.1, 0.15) is 11.9 Å². The molecule has 18 heavy (non-hydrogen) atoms. The number of hydrogen-bond donors (Lipinski definition) is 1. The van der Waals surface area contributed by atoms with Crippen molar-refractivity contribution in [2.45, 2.75) is 26.8 Å². The molecule has 1 amide bonds. The van der Waals surface area contributed by atoms with E-state index >= 15 is 0 Å². The van der Waals surface area contributed by atoms with Crippen molar-refractivity contribution in [3.8, 4) is 0 Å². The van der Waals surface area contributed by atoms with Gasteiger partial charge in [-0.05, 0) is 20.8 Å². The first-order valence-corrected chi connectivity index (χ1v) is 6.19. The summed E-state index contributed by atoms with van der Waals surface area (Å²) in [5.74, 6) is 1.12. The van der Waals surface area contributed by atoms with E-state index in [2.05, 4.69) is 9.97 Å².